The summed E-state index contributed by atoms with van der Waals surface area (Å²) in [7, 11) is 0. The lowest BCUT2D eigenvalue weighted by Crippen LogP contribution is -2.24. The van der Waals surface area contributed by atoms with Crippen LogP contribution in [0, 0.1) is 0 Å². The summed E-state index contributed by atoms with van der Waals surface area (Å²) in [5.74, 6) is -0.0499. The normalized spacial score (nSPS) is 14.9. The zero-order valence-corrected chi connectivity index (χ0v) is 9.98. The molecule has 1 aromatic rings. The molecular formula is C12H16N2OS. The van der Waals surface area contributed by atoms with Crippen LogP contribution in [0.3, 0.4) is 0 Å². The quantitative estimate of drug-likeness (QED) is 0.789. The number of allylic oxidation sites excluding steroid dienone is 1. The number of hydrogen-bond donors (Lipinski definition) is 2. The molecular weight excluding hydrogens is 220 g/mol. The highest BCUT2D eigenvalue weighted by Crippen LogP contribution is 2.20. The van der Waals surface area contributed by atoms with Gasteiger partial charge in [0, 0.05) is 6.54 Å². The van der Waals surface area contributed by atoms with Crippen molar-refractivity contribution in [2.75, 3.05) is 12.3 Å². The van der Waals surface area contributed by atoms with E-state index >= 15 is 0 Å². The van der Waals surface area contributed by atoms with Gasteiger partial charge in [-0.1, -0.05) is 11.6 Å². The lowest BCUT2D eigenvalue weighted by atomic mass is 10.2. The maximum atomic E-state index is 11.7. The molecule has 1 aliphatic rings. The average Bonchev–Trinajstić information content (AvgIpc) is 2.88. The van der Waals surface area contributed by atoms with Gasteiger partial charge in [0.25, 0.3) is 5.91 Å². The third-order valence-electron chi connectivity index (χ3n) is 2.77. The zero-order valence-electron chi connectivity index (χ0n) is 9.16. The molecule has 1 heterocycles. The molecule has 3 N–H and O–H groups in total. The standard InChI is InChI=1S/C12H16N2OS/c13-10-6-8-16-11(10)12(15)14-7-5-9-3-1-2-4-9/h3,6,8H,1-2,4-5,7,13H2,(H,14,15). The van der Waals surface area contributed by atoms with Crippen LogP contribution in [0.1, 0.15) is 35.4 Å². The number of hydrogen-bond acceptors (Lipinski definition) is 3. The van der Waals surface area contributed by atoms with E-state index in [1.54, 1.807) is 6.07 Å². The summed E-state index contributed by atoms with van der Waals surface area (Å²) < 4.78 is 0. The van der Waals surface area contributed by atoms with Crippen LogP contribution in [0.25, 0.3) is 0 Å². The number of carbonyl (C=O) groups excluding carboxylic acids is 1. The van der Waals surface area contributed by atoms with E-state index in [-0.39, 0.29) is 5.91 Å². The largest absolute Gasteiger partial charge is 0.397 e. The highest BCUT2D eigenvalue weighted by atomic mass is 32.1. The van der Waals surface area contributed by atoms with Gasteiger partial charge in [-0.05, 0) is 37.1 Å². The first-order valence-corrected chi connectivity index (χ1v) is 6.44. The second-order valence-corrected chi connectivity index (χ2v) is 4.88. The predicted octanol–water partition coefficient (Wildman–Crippen LogP) is 2.56. The van der Waals surface area contributed by atoms with Crippen molar-refractivity contribution in [3.8, 4) is 0 Å². The SMILES string of the molecule is Nc1ccsc1C(=O)NCCC1=CCCC1. The van der Waals surface area contributed by atoms with Gasteiger partial charge in [0.1, 0.15) is 4.88 Å². The van der Waals surface area contributed by atoms with Crippen molar-refractivity contribution in [2.24, 2.45) is 0 Å². The van der Waals surface area contributed by atoms with Gasteiger partial charge in [0.2, 0.25) is 0 Å². The zero-order chi connectivity index (χ0) is 11.4. The molecule has 0 radical (unpaired) electrons. The van der Waals surface area contributed by atoms with E-state index in [1.165, 1.54) is 36.2 Å². The lowest BCUT2D eigenvalue weighted by molar-refractivity contribution is 0.0959. The summed E-state index contributed by atoms with van der Waals surface area (Å²) >= 11 is 1.39. The Morgan fingerprint density at radius 2 is 2.44 bits per heavy atom. The number of nitrogen functional groups attached to an aromatic ring is 1. The average molecular weight is 236 g/mol. The van der Waals surface area contributed by atoms with E-state index in [0.29, 0.717) is 17.1 Å². The molecule has 86 valence electrons. The fourth-order valence-electron chi connectivity index (χ4n) is 1.89. The number of amides is 1. The Hall–Kier alpha value is -1.29. The molecule has 4 heteroatoms. The molecule has 2 rings (SSSR count). The second-order valence-electron chi connectivity index (χ2n) is 3.97. The summed E-state index contributed by atoms with van der Waals surface area (Å²) in [6, 6.07) is 1.76. The van der Waals surface area contributed by atoms with Crippen LogP contribution in [0.2, 0.25) is 0 Å². The van der Waals surface area contributed by atoms with Crippen molar-refractivity contribution in [1.82, 2.24) is 5.32 Å². The topological polar surface area (TPSA) is 55.1 Å². The molecule has 0 aromatic carbocycles. The molecule has 0 saturated carbocycles. The summed E-state index contributed by atoms with van der Waals surface area (Å²) in [4.78, 5) is 12.3. The van der Waals surface area contributed by atoms with Crippen LogP contribution in [0.15, 0.2) is 23.1 Å². The monoisotopic (exact) mass is 236 g/mol. The molecule has 16 heavy (non-hydrogen) atoms. The fourth-order valence-corrected chi connectivity index (χ4v) is 2.62. The number of nitrogens with one attached hydrogen (secondary N) is 1. The van der Waals surface area contributed by atoms with E-state index in [2.05, 4.69) is 11.4 Å². The summed E-state index contributed by atoms with van der Waals surface area (Å²) in [5.41, 5.74) is 7.72. The third kappa shape index (κ3) is 2.64. The Morgan fingerprint density at radius 1 is 1.56 bits per heavy atom. The van der Waals surface area contributed by atoms with Gasteiger partial charge in [-0.25, -0.2) is 0 Å². The van der Waals surface area contributed by atoms with E-state index in [1.807, 2.05) is 5.38 Å². The molecule has 0 atom stereocenters. The third-order valence-corrected chi connectivity index (χ3v) is 3.70. The van der Waals surface area contributed by atoms with Crippen molar-refractivity contribution >= 4 is 22.9 Å². The van der Waals surface area contributed by atoms with Crippen LogP contribution in [0.5, 0.6) is 0 Å². The molecule has 0 unspecified atom stereocenters. The maximum Gasteiger partial charge on any atom is 0.263 e. The predicted molar refractivity (Wildman–Crippen MR) is 67.6 cm³/mol. The van der Waals surface area contributed by atoms with Crippen molar-refractivity contribution in [2.45, 2.75) is 25.7 Å². The van der Waals surface area contributed by atoms with E-state index in [4.69, 9.17) is 5.73 Å². The van der Waals surface area contributed by atoms with Crippen LogP contribution < -0.4 is 11.1 Å². The van der Waals surface area contributed by atoms with Crippen LogP contribution in [0.4, 0.5) is 5.69 Å². The van der Waals surface area contributed by atoms with E-state index < -0.39 is 0 Å². The molecule has 0 saturated heterocycles. The number of nitrogens with two attached hydrogens (primary N) is 1. The molecule has 0 bridgehead atoms. The first-order chi connectivity index (χ1) is 7.77. The molecule has 1 aromatic heterocycles. The second kappa shape index (κ2) is 5.16. The molecule has 1 amide bonds. The minimum atomic E-state index is -0.0499. The van der Waals surface area contributed by atoms with E-state index in [9.17, 15) is 4.79 Å². The number of thiophene rings is 1. The van der Waals surface area contributed by atoms with E-state index in [0.717, 1.165) is 6.42 Å². The molecule has 1 aliphatic carbocycles. The van der Waals surface area contributed by atoms with Gasteiger partial charge in [-0.3, -0.25) is 4.79 Å². The maximum absolute atomic E-state index is 11.7. The molecule has 0 aliphatic heterocycles. The highest BCUT2D eigenvalue weighted by Gasteiger charge is 2.11. The van der Waals surface area contributed by atoms with Gasteiger partial charge in [-0.2, -0.15) is 0 Å². The lowest BCUT2D eigenvalue weighted by Gasteiger charge is -2.05. The number of carbonyl (C=O) groups is 1. The van der Waals surface area contributed by atoms with Crippen LogP contribution in [-0.2, 0) is 0 Å². The van der Waals surface area contributed by atoms with Crippen molar-refractivity contribution < 1.29 is 4.79 Å². The van der Waals surface area contributed by atoms with Crippen LogP contribution in [-0.4, -0.2) is 12.5 Å². The Kier molecular flexibility index (Phi) is 3.62. The van der Waals surface area contributed by atoms with Gasteiger partial charge in [-0.15, -0.1) is 11.3 Å². The van der Waals surface area contributed by atoms with Crippen LogP contribution >= 0.6 is 11.3 Å². The summed E-state index contributed by atoms with van der Waals surface area (Å²) in [6.07, 6.45) is 6.90. The molecule has 3 nitrogen and oxygen atoms in total. The fraction of sp³-hybridized carbons (Fsp3) is 0.417. The van der Waals surface area contributed by atoms with Gasteiger partial charge in [0.15, 0.2) is 0 Å². The first-order valence-electron chi connectivity index (χ1n) is 5.56. The van der Waals surface area contributed by atoms with Gasteiger partial charge >= 0.3 is 0 Å². The van der Waals surface area contributed by atoms with Gasteiger partial charge in [0.05, 0.1) is 5.69 Å². The minimum absolute atomic E-state index is 0.0499. The highest BCUT2D eigenvalue weighted by molar-refractivity contribution is 7.12. The Bertz CT molecular complexity index is 409. The Labute approximate surface area is 99.3 Å². The number of anilines is 1. The minimum Gasteiger partial charge on any atom is -0.397 e. The Balaban J connectivity index is 1.78. The van der Waals surface area contributed by atoms with Crippen molar-refractivity contribution in [3.63, 3.8) is 0 Å². The summed E-state index contributed by atoms with van der Waals surface area (Å²) in [6.45, 7) is 0.710. The first kappa shape index (κ1) is 11.2. The number of rotatable bonds is 4. The van der Waals surface area contributed by atoms with Crippen molar-refractivity contribution in [1.29, 1.82) is 0 Å². The molecule has 0 spiro atoms. The molecule has 0 fully saturated rings. The Morgan fingerprint density at radius 3 is 3.06 bits per heavy atom. The van der Waals surface area contributed by atoms with Crippen molar-refractivity contribution in [3.05, 3.63) is 28.0 Å². The van der Waals surface area contributed by atoms with Gasteiger partial charge < -0.3 is 11.1 Å². The summed E-state index contributed by atoms with van der Waals surface area (Å²) in [5, 5.41) is 4.74. The smallest absolute Gasteiger partial charge is 0.263 e.